The van der Waals surface area contributed by atoms with Gasteiger partial charge in [-0.05, 0) is 25.7 Å². The molecule has 0 aromatic carbocycles. The molecule has 0 radical (unpaired) electrons. The molecule has 0 spiro atoms. The maximum absolute atomic E-state index is 12.3. The number of imidazole rings is 1. The molecule has 2 heterocycles. The standard InChI is InChI=1S/C30H58N5O5PSi/c1-26(2)22-42(4,5)20-15-13-11-9-7-6-8-10-12-14-17-38-18-16-19-40-41(36,37)25-39-27(3)21-35-24-34-28-29(31)32-23-33-30(28)35/h23-24,26-27H,6-22,25H2,1-5H3,(H,36,37)(H2,31,32,33)/t27-/m1/s1. The Kier molecular flexibility index (Phi) is 17.4. The fraction of sp³-hybridized carbons (Fsp3) is 0.833. The van der Waals surface area contributed by atoms with Crippen LogP contribution in [0.1, 0.15) is 91.4 Å². The predicted molar refractivity (Wildman–Crippen MR) is 174 cm³/mol. The third-order valence-electron chi connectivity index (χ3n) is 7.48. The Morgan fingerprint density at radius 1 is 0.905 bits per heavy atom. The van der Waals surface area contributed by atoms with Gasteiger partial charge in [0.15, 0.2) is 11.5 Å². The van der Waals surface area contributed by atoms with Gasteiger partial charge in [-0.3, -0.25) is 4.57 Å². The zero-order valence-electron chi connectivity index (χ0n) is 26.9. The van der Waals surface area contributed by atoms with E-state index in [0.29, 0.717) is 36.6 Å². The first kappa shape index (κ1) is 36.8. The first-order valence-electron chi connectivity index (χ1n) is 16.1. The van der Waals surface area contributed by atoms with Gasteiger partial charge in [0.2, 0.25) is 0 Å². The van der Waals surface area contributed by atoms with Crippen LogP contribution in [0.5, 0.6) is 0 Å². The molecule has 242 valence electrons. The Hall–Kier alpha value is -1.36. The van der Waals surface area contributed by atoms with Crippen LogP contribution in [0.4, 0.5) is 5.82 Å². The summed E-state index contributed by atoms with van der Waals surface area (Å²) in [6.07, 6.45) is 16.0. The van der Waals surface area contributed by atoms with Crippen molar-refractivity contribution < 1.29 is 23.5 Å². The number of fused-ring (bicyclic) bond motifs is 1. The van der Waals surface area contributed by atoms with Crippen LogP contribution >= 0.6 is 7.60 Å². The van der Waals surface area contributed by atoms with E-state index < -0.39 is 15.7 Å². The summed E-state index contributed by atoms with van der Waals surface area (Å²) < 4.78 is 30.5. The van der Waals surface area contributed by atoms with Crippen LogP contribution in [0.2, 0.25) is 25.2 Å². The van der Waals surface area contributed by atoms with Gasteiger partial charge in [0.1, 0.15) is 18.2 Å². The average molecular weight is 628 g/mol. The number of anilines is 1. The van der Waals surface area contributed by atoms with Crippen molar-refractivity contribution in [2.24, 2.45) is 5.92 Å². The predicted octanol–water partition coefficient (Wildman–Crippen LogP) is 7.65. The molecule has 0 amide bonds. The van der Waals surface area contributed by atoms with Crippen molar-refractivity contribution in [2.45, 2.75) is 129 Å². The van der Waals surface area contributed by atoms with Crippen molar-refractivity contribution in [1.29, 1.82) is 0 Å². The summed E-state index contributed by atoms with van der Waals surface area (Å²) in [4.78, 5) is 22.4. The summed E-state index contributed by atoms with van der Waals surface area (Å²) in [5, 5.41) is 0. The van der Waals surface area contributed by atoms with Crippen molar-refractivity contribution in [1.82, 2.24) is 19.5 Å². The quantitative estimate of drug-likeness (QED) is 0.0646. The highest BCUT2D eigenvalue weighted by Gasteiger charge is 2.22. The smallest absolute Gasteiger partial charge is 0.353 e. The van der Waals surface area contributed by atoms with E-state index in [0.717, 1.165) is 18.9 Å². The lowest BCUT2D eigenvalue weighted by atomic mass is 10.1. The van der Waals surface area contributed by atoms with E-state index in [1.807, 2.05) is 6.92 Å². The molecule has 0 saturated heterocycles. The van der Waals surface area contributed by atoms with Gasteiger partial charge in [-0.25, -0.2) is 15.0 Å². The van der Waals surface area contributed by atoms with E-state index in [2.05, 4.69) is 41.9 Å². The molecule has 0 fully saturated rings. The van der Waals surface area contributed by atoms with Gasteiger partial charge < -0.3 is 29.2 Å². The van der Waals surface area contributed by atoms with Crippen molar-refractivity contribution in [3.63, 3.8) is 0 Å². The van der Waals surface area contributed by atoms with Gasteiger partial charge in [-0.1, -0.05) is 96.8 Å². The summed E-state index contributed by atoms with van der Waals surface area (Å²) >= 11 is 0. The minimum atomic E-state index is -3.84. The van der Waals surface area contributed by atoms with Crippen molar-refractivity contribution in [3.8, 4) is 0 Å². The van der Waals surface area contributed by atoms with Gasteiger partial charge in [0.05, 0.1) is 25.6 Å². The Morgan fingerprint density at radius 3 is 2.19 bits per heavy atom. The molecule has 2 aromatic heterocycles. The molecule has 2 aromatic rings. The summed E-state index contributed by atoms with van der Waals surface area (Å²) in [6.45, 7) is 13.5. The second-order valence-corrected chi connectivity index (χ2v) is 19.9. The highest BCUT2D eigenvalue weighted by Crippen LogP contribution is 2.42. The third-order valence-corrected chi connectivity index (χ3v) is 12.2. The van der Waals surface area contributed by atoms with E-state index in [4.69, 9.17) is 19.7 Å². The number of ether oxygens (including phenoxy) is 2. The Labute approximate surface area is 255 Å². The van der Waals surface area contributed by atoms with Gasteiger partial charge >= 0.3 is 7.60 Å². The largest absolute Gasteiger partial charge is 0.382 e. The van der Waals surface area contributed by atoms with E-state index in [-0.39, 0.29) is 19.1 Å². The van der Waals surface area contributed by atoms with Gasteiger partial charge in [0, 0.05) is 21.3 Å². The van der Waals surface area contributed by atoms with E-state index in [1.165, 1.54) is 76.2 Å². The summed E-state index contributed by atoms with van der Waals surface area (Å²) in [5.41, 5.74) is 6.93. The molecule has 0 aliphatic heterocycles. The Bertz CT molecular complexity index is 1050. The van der Waals surface area contributed by atoms with Gasteiger partial charge in [-0.2, -0.15) is 0 Å². The highest BCUT2D eigenvalue weighted by atomic mass is 31.2. The molecule has 10 nitrogen and oxygen atoms in total. The zero-order chi connectivity index (χ0) is 30.8. The number of nitrogens with zero attached hydrogens (tertiary/aromatic N) is 4. The second kappa shape index (κ2) is 19.8. The van der Waals surface area contributed by atoms with Crippen molar-refractivity contribution in [2.75, 3.05) is 31.9 Å². The van der Waals surface area contributed by atoms with Crippen LogP contribution in [-0.2, 0) is 25.1 Å². The molecule has 2 atom stereocenters. The number of rotatable bonds is 25. The third kappa shape index (κ3) is 15.9. The van der Waals surface area contributed by atoms with Crippen LogP contribution < -0.4 is 5.73 Å². The minimum Gasteiger partial charge on any atom is -0.382 e. The fourth-order valence-electron chi connectivity index (χ4n) is 5.52. The van der Waals surface area contributed by atoms with Crippen LogP contribution in [0.25, 0.3) is 11.2 Å². The summed E-state index contributed by atoms with van der Waals surface area (Å²) in [6, 6.07) is 2.97. The van der Waals surface area contributed by atoms with E-state index >= 15 is 0 Å². The SMILES string of the molecule is CC(C)C[Si](C)(C)CCCCCCCCCCCCOCCCOP(=O)(O)CO[C@H](C)Cn1cnc2c(N)ncnc21. The van der Waals surface area contributed by atoms with Crippen molar-refractivity contribution >= 4 is 32.7 Å². The molecule has 0 saturated carbocycles. The lowest BCUT2D eigenvalue weighted by Crippen LogP contribution is -2.26. The van der Waals surface area contributed by atoms with Crippen LogP contribution in [0.3, 0.4) is 0 Å². The van der Waals surface area contributed by atoms with Gasteiger partial charge in [0.25, 0.3) is 0 Å². The Balaban J connectivity index is 1.37. The topological polar surface area (TPSA) is 135 Å². The summed E-state index contributed by atoms with van der Waals surface area (Å²) in [7, 11) is -4.79. The lowest BCUT2D eigenvalue weighted by Gasteiger charge is -2.24. The molecule has 0 aliphatic carbocycles. The molecular formula is C30H58N5O5PSi. The molecule has 42 heavy (non-hydrogen) atoms. The molecule has 0 aliphatic rings. The first-order chi connectivity index (χ1) is 20.0. The highest BCUT2D eigenvalue weighted by molar-refractivity contribution is 7.52. The zero-order valence-corrected chi connectivity index (χ0v) is 28.8. The van der Waals surface area contributed by atoms with Crippen molar-refractivity contribution in [3.05, 3.63) is 12.7 Å². The molecule has 2 rings (SSSR count). The number of aromatic nitrogens is 4. The van der Waals surface area contributed by atoms with Crippen LogP contribution in [0.15, 0.2) is 12.7 Å². The molecular weight excluding hydrogens is 569 g/mol. The second-order valence-electron chi connectivity index (χ2n) is 12.9. The number of nitrogens with two attached hydrogens (primary N) is 1. The van der Waals surface area contributed by atoms with Crippen LogP contribution in [-0.4, -0.2) is 64.8 Å². The molecule has 3 N–H and O–H groups in total. The van der Waals surface area contributed by atoms with Gasteiger partial charge in [-0.15, -0.1) is 0 Å². The molecule has 1 unspecified atom stereocenters. The number of unbranched alkanes of at least 4 members (excludes halogenated alkanes) is 9. The maximum atomic E-state index is 12.3. The number of hydrogen-bond acceptors (Lipinski definition) is 8. The molecule has 12 heteroatoms. The number of nitrogen functional groups attached to an aromatic ring is 1. The van der Waals surface area contributed by atoms with Crippen LogP contribution in [0, 0.1) is 5.92 Å². The fourth-order valence-corrected chi connectivity index (χ4v) is 10.1. The first-order valence-corrected chi connectivity index (χ1v) is 21.2. The lowest BCUT2D eigenvalue weighted by molar-refractivity contribution is 0.0688. The average Bonchev–Trinajstić information content (AvgIpc) is 3.32. The monoisotopic (exact) mass is 627 g/mol. The Morgan fingerprint density at radius 2 is 1.52 bits per heavy atom. The minimum absolute atomic E-state index is 0.158. The van der Waals surface area contributed by atoms with E-state index in [1.54, 1.807) is 10.9 Å². The normalized spacial score (nSPS) is 14.5. The number of hydrogen-bond donors (Lipinski definition) is 2. The molecule has 0 bridgehead atoms. The van der Waals surface area contributed by atoms with E-state index in [9.17, 15) is 9.46 Å². The maximum Gasteiger partial charge on any atom is 0.353 e. The summed E-state index contributed by atoms with van der Waals surface area (Å²) in [5.74, 6) is 1.16.